The van der Waals surface area contributed by atoms with Crippen LogP contribution in [0.4, 0.5) is 0 Å². The van der Waals surface area contributed by atoms with Gasteiger partial charge in [0, 0.05) is 24.7 Å². The summed E-state index contributed by atoms with van der Waals surface area (Å²) in [5, 5.41) is 0.716. The van der Waals surface area contributed by atoms with Gasteiger partial charge in [0.1, 0.15) is 11.9 Å². The third kappa shape index (κ3) is 3.93. The maximum Gasteiger partial charge on any atom is 0.251 e. The number of halogens is 1. The Morgan fingerprint density at radius 3 is 2.59 bits per heavy atom. The lowest BCUT2D eigenvalue weighted by molar-refractivity contribution is -0.142. The fourth-order valence-corrected chi connectivity index (χ4v) is 3.17. The van der Waals surface area contributed by atoms with Crippen LogP contribution in [0.2, 0.25) is 5.02 Å². The Labute approximate surface area is 136 Å². The van der Waals surface area contributed by atoms with Gasteiger partial charge in [0.15, 0.2) is 0 Å². The molecule has 0 aliphatic carbocycles. The third-order valence-corrected chi connectivity index (χ3v) is 4.68. The molecule has 1 amide bonds. The number of hydrogen-bond donors (Lipinski definition) is 0. The van der Waals surface area contributed by atoms with Gasteiger partial charge in [0.2, 0.25) is 0 Å². The summed E-state index contributed by atoms with van der Waals surface area (Å²) in [6, 6.07) is 7.44. The molecule has 0 aromatic heterocycles. The van der Waals surface area contributed by atoms with Gasteiger partial charge >= 0.3 is 0 Å². The van der Waals surface area contributed by atoms with E-state index in [2.05, 4.69) is 0 Å². The van der Waals surface area contributed by atoms with Crippen molar-refractivity contribution < 1.29 is 14.3 Å². The van der Waals surface area contributed by atoms with Crippen molar-refractivity contribution in [1.29, 1.82) is 0 Å². The highest BCUT2D eigenvalue weighted by Crippen LogP contribution is 2.23. The first-order chi connectivity index (χ1) is 10.7. The van der Waals surface area contributed by atoms with Crippen LogP contribution in [-0.4, -0.2) is 43.2 Å². The van der Waals surface area contributed by atoms with Gasteiger partial charge < -0.3 is 14.4 Å². The van der Waals surface area contributed by atoms with Gasteiger partial charge in [-0.1, -0.05) is 11.6 Å². The highest BCUT2D eigenvalue weighted by Gasteiger charge is 2.30. The fraction of sp³-hybridized carbons (Fsp3) is 0.588. The molecular formula is C17H22ClNO3. The Morgan fingerprint density at radius 2 is 1.95 bits per heavy atom. The molecule has 0 spiro atoms. The predicted molar refractivity (Wildman–Crippen MR) is 85.2 cm³/mol. The summed E-state index contributed by atoms with van der Waals surface area (Å²) in [7, 11) is 0. The molecule has 0 saturated carbocycles. The molecule has 0 radical (unpaired) electrons. The van der Waals surface area contributed by atoms with Crippen LogP contribution in [0, 0.1) is 5.92 Å². The number of hydrogen-bond acceptors (Lipinski definition) is 3. The van der Waals surface area contributed by atoms with Gasteiger partial charge in [-0.15, -0.1) is 0 Å². The maximum absolute atomic E-state index is 12.3. The zero-order valence-corrected chi connectivity index (χ0v) is 13.4. The van der Waals surface area contributed by atoms with Crippen molar-refractivity contribution in [1.82, 2.24) is 4.90 Å². The average molecular weight is 324 g/mol. The number of carbonyl (C=O) groups is 1. The van der Waals surface area contributed by atoms with Crippen LogP contribution in [-0.2, 0) is 9.53 Å². The Balaban J connectivity index is 1.41. The van der Waals surface area contributed by atoms with E-state index in [-0.39, 0.29) is 12.0 Å². The zero-order chi connectivity index (χ0) is 15.4. The molecule has 120 valence electrons. The summed E-state index contributed by atoms with van der Waals surface area (Å²) in [6.45, 7) is 3.05. The number of amides is 1. The summed E-state index contributed by atoms with van der Waals surface area (Å²) < 4.78 is 11.3. The van der Waals surface area contributed by atoms with Crippen LogP contribution in [0.1, 0.15) is 25.7 Å². The second-order valence-electron chi connectivity index (χ2n) is 6.04. The van der Waals surface area contributed by atoms with E-state index >= 15 is 0 Å². The Morgan fingerprint density at radius 1 is 1.23 bits per heavy atom. The lowest BCUT2D eigenvalue weighted by Gasteiger charge is -2.33. The van der Waals surface area contributed by atoms with Crippen molar-refractivity contribution in [2.45, 2.75) is 31.8 Å². The topological polar surface area (TPSA) is 38.8 Å². The number of ether oxygens (including phenoxy) is 2. The van der Waals surface area contributed by atoms with Crippen LogP contribution >= 0.6 is 11.6 Å². The molecule has 2 heterocycles. The van der Waals surface area contributed by atoms with Gasteiger partial charge in [0.25, 0.3) is 5.91 Å². The molecule has 1 aromatic carbocycles. The van der Waals surface area contributed by atoms with Crippen LogP contribution in [0.15, 0.2) is 24.3 Å². The Hall–Kier alpha value is -1.26. The van der Waals surface area contributed by atoms with Crippen molar-refractivity contribution in [3.63, 3.8) is 0 Å². The van der Waals surface area contributed by atoms with Crippen molar-refractivity contribution in [3.05, 3.63) is 29.3 Å². The molecule has 3 rings (SSSR count). The quantitative estimate of drug-likeness (QED) is 0.854. The molecule has 1 aromatic rings. The minimum Gasteiger partial charge on any atom is -0.493 e. The largest absolute Gasteiger partial charge is 0.493 e. The summed E-state index contributed by atoms with van der Waals surface area (Å²) in [5.74, 6) is 1.53. The van der Waals surface area contributed by atoms with Gasteiger partial charge in [-0.2, -0.15) is 0 Å². The standard InChI is InChI=1S/C17H22ClNO3/c18-14-3-5-15(6-4-14)22-12-13-7-9-19(10-8-13)17(20)16-2-1-11-21-16/h3-6,13,16H,1-2,7-12H2. The summed E-state index contributed by atoms with van der Waals surface area (Å²) in [6.07, 6.45) is 3.67. The number of nitrogens with zero attached hydrogens (tertiary/aromatic N) is 1. The minimum atomic E-state index is -0.193. The molecule has 2 saturated heterocycles. The van der Waals surface area contributed by atoms with E-state index < -0.39 is 0 Å². The van der Waals surface area contributed by atoms with Crippen LogP contribution in [0.25, 0.3) is 0 Å². The van der Waals surface area contributed by atoms with Crippen LogP contribution in [0.5, 0.6) is 5.75 Å². The molecule has 22 heavy (non-hydrogen) atoms. The van der Waals surface area contributed by atoms with E-state index in [0.29, 0.717) is 17.5 Å². The molecule has 1 atom stereocenters. The minimum absolute atomic E-state index is 0.176. The zero-order valence-electron chi connectivity index (χ0n) is 12.7. The van der Waals surface area contributed by atoms with Crippen molar-refractivity contribution >= 4 is 17.5 Å². The summed E-state index contributed by atoms with van der Waals surface area (Å²) >= 11 is 5.86. The van der Waals surface area contributed by atoms with Crippen molar-refractivity contribution in [2.24, 2.45) is 5.92 Å². The molecule has 1 unspecified atom stereocenters. The first-order valence-electron chi connectivity index (χ1n) is 8.01. The normalized spacial score (nSPS) is 22.8. The smallest absolute Gasteiger partial charge is 0.251 e. The van der Waals surface area contributed by atoms with E-state index in [4.69, 9.17) is 21.1 Å². The lowest BCUT2D eigenvalue weighted by atomic mass is 9.97. The number of carbonyl (C=O) groups excluding carboxylic acids is 1. The van der Waals surface area contributed by atoms with Crippen LogP contribution < -0.4 is 4.74 Å². The molecule has 0 N–H and O–H groups in total. The molecule has 4 nitrogen and oxygen atoms in total. The van der Waals surface area contributed by atoms with Gasteiger partial charge in [-0.05, 0) is 55.9 Å². The molecule has 5 heteroatoms. The number of rotatable bonds is 4. The van der Waals surface area contributed by atoms with E-state index in [1.54, 1.807) is 0 Å². The summed E-state index contributed by atoms with van der Waals surface area (Å²) in [5.41, 5.74) is 0. The van der Waals surface area contributed by atoms with Gasteiger partial charge in [-0.25, -0.2) is 0 Å². The third-order valence-electron chi connectivity index (χ3n) is 4.43. The highest BCUT2D eigenvalue weighted by molar-refractivity contribution is 6.30. The lowest BCUT2D eigenvalue weighted by Crippen LogP contribution is -2.44. The van der Waals surface area contributed by atoms with Gasteiger partial charge in [-0.3, -0.25) is 4.79 Å². The average Bonchev–Trinajstić information content (AvgIpc) is 3.09. The number of likely N-dealkylation sites (tertiary alicyclic amines) is 1. The molecule has 2 aliphatic heterocycles. The van der Waals surface area contributed by atoms with E-state index in [1.165, 1.54) is 0 Å². The molecule has 2 fully saturated rings. The van der Waals surface area contributed by atoms with Crippen molar-refractivity contribution in [2.75, 3.05) is 26.3 Å². The maximum atomic E-state index is 12.3. The number of benzene rings is 1. The predicted octanol–water partition coefficient (Wildman–Crippen LogP) is 3.14. The van der Waals surface area contributed by atoms with E-state index in [0.717, 1.165) is 51.1 Å². The molecule has 2 aliphatic rings. The Bertz CT molecular complexity index is 491. The second kappa shape index (κ2) is 7.34. The SMILES string of the molecule is O=C(C1CCCO1)N1CCC(COc2ccc(Cl)cc2)CC1. The van der Waals surface area contributed by atoms with E-state index in [9.17, 15) is 4.79 Å². The number of piperidine rings is 1. The van der Waals surface area contributed by atoms with E-state index in [1.807, 2.05) is 29.2 Å². The first-order valence-corrected chi connectivity index (χ1v) is 8.39. The first kappa shape index (κ1) is 15.6. The van der Waals surface area contributed by atoms with Crippen LogP contribution in [0.3, 0.4) is 0 Å². The highest BCUT2D eigenvalue weighted by atomic mass is 35.5. The summed E-state index contributed by atoms with van der Waals surface area (Å²) in [4.78, 5) is 14.2. The monoisotopic (exact) mass is 323 g/mol. The Kier molecular flexibility index (Phi) is 5.21. The molecular weight excluding hydrogens is 302 g/mol. The van der Waals surface area contributed by atoms with Crippen molar-refractivity contribution in [3.8, 4) is 5.75 Å². The fourth-order valence-electron chi connectivity index (χ4n) is 3.04. The van der Waals surface area contributed by atoms with Gasteiger partial charge in [0.05, 0.1) is 6.61 Å². The second-order valence-corrected chi connectivity index (χ2v) is 6.47. The molecule has 0 bridgehead atoms.